The summed E-state index contributed by atoms with van der Waals surface area (Å²) in [6, 6.07) is 0. The molecule has 3 N–H and O–H groups in total. The first-order valence-electron chi connectivity index (χ1n) is 2.98. The minimum absolute atomic E-state index is 0.0845. The molecule has 0 aliphatic heterocycles. The van der Waals surface area contributed by atoms with E-state index < -0.39 is 24.1 Å². The van der Waals surface area contributed by atoms with Crippen LogP contribution in [0.5, 0.6) is 0 Å². The van der Waals surface area contributed by atoms with Crippen LogP contribution in [0.25, 0.3) is 0 Å². The Morgan fingerprint density at radius 2 is 1.83 bits per heavy atom. The molecule has 0 saturated carbocycles. The smallest absolute Gasteiger partial charge is 0.334 e. The van der Waals surface area contributed by atoms with Crippen molar-refractivity contribution in [2.75, 3.05) is 6.61 Å². The largest absolute Gasteiger partial charge is 0.479 e. The lowest BCUT2D eigenvalue weighted by molar-refractivity contribution is -0.161. The third-order valence-corrected chi connectivity index (χ3v) is 1.46. The number of aldehydes is 2. The van der Waals surface area contributed by atoms with Gasteiger partial charge in [0.1, 0.15) is 18.0 Å². The van der Waals surface area contributed by atoms with Crippen molar-refractivity contribution < 1.29 is 29.7 Å². The van der Waals surface area contributed by atoms with Crippen molar-refractivity contribution in [1.82, 2.24) is 0 Å². The highest BCUT2D eigenvalue weighted by Crippen LogP contribution is 2.15. The van der Waals surface area contributed by atoms with Gasteiger partial charge >= 0.3 is 5.97 Å². The number of aliphatic carboxylic acids is 1. The molecule has 6 heteroatoms. The maximum absolute atomic E-state index is 10.2. The van der Waals surface area contributed by atoms with E-state index >= 15 is 0 Å². The van der Waals surface area contributed by atoms with Gasteiger partial charge in [0.05, 0.1) is 6.61 Å². The van der Waals surface area contributed by atoms with Crippen molar-refractivity contribution in [3.63, 3.8) is 0 Å². The lowest BCUT2D eigenvalue weighted by atomic mass is 9.86. The van der Waals surface area contributed by atoms with Crippen LogP contribution < -0.4 is 0 Å². The first-order valence-corrected chi connectivity index (χ1v) is 2.98. The number of hydrogen-bond acceptors (Lipinski definition) is 5. The van der Waals surface area contributed by atoms with Crippen molar-refractivity contribution in [3.8, 4) is 0 Å². The summed E-state index contributed by atoms with van der Waals surface area (Å²) in [5, 5.41) is 25.6. The van der Waals surface area contributed by atoms with Gasteiger partial charge in [0.15, 0.2) is 6.10 Å². The lowest BCUT2D eigenvalue weighted by Crippen LogP contribution is -2.46. The number of carboxylic acid groups (broad SMARTS) is 1. The second-order valence-corrected chi connectivity index (χ2v) is 2.25. The summed E-state index contributed by atoms with van der Waals surface area (Å²) in [4.78, 5) is 30.6. The number of carboxylic acids is 1. The molecule has 6 nitrogen and oxygen atoms in total. The maximum Gasteiger partial charge on any atom is 0.334 e. The van der Waals surface area contributed by atoms with Gasteiger partial charge in [0, 0.05) is 0 Å². The zero-order valence-electron chi connectivity index (χ0n) is 6.01. The Morgan fingerprint density at radius 1 is 1.42 bits per heavy atom. The number of carbonyl (C=O) groups excluding carboxylic acids is 2. The molecule has 0 fully saturated rings. The van der Waals surface area contributed by atoms with Gasteiger partial charge in [-0.1, -0.05) is 0 Å². The Bertz CT molecular complexity index is 190. The standard InChI is InChI=1S/C6H8O6/c7-1-6(2-8,3-9)4(10)5(11)12/h1-2,4,9-10H,3H2,(H,11,12)/t4-/m0/s1. The third-order valence-electron chi connectivity index (χ3n) is 1.46. The molecule has 0 aromatic rings. The van der Waals surface area contributed by atoms with Crippen LogP contribution >= 0.6 is 0 Å². The topological polar surface area (TPSA) is 112 Å². The van der Waals surface area contributed by atoms with E-state index in [1.165, 1.54) is 0 Å². The zero-order chi connectivity index (χ0) is 9.78. The Labute approximate surface area is 67.4 Å². The van der Waals surface area contributed by atoms with E-state index in [4.69, 9.17) is 15.3 Å². The summed E-state index contributed by atoms with van der Waals surface area (Å²) in [6.45, 7) is -1.03. The Hall–Kier alpha value is -1.27. The minimum Gasteiger partial charge on any atom is -0.479 e. The second-order valence-electron chi connectivity index (χ2n) is 2.25. The molecule has 0 aliphatic rings. The van der Waals surface area contributed by atoms with Crippen molar-refractivity contribution in [2.45, 2.75) is 6.10 Å². The van der Waals surface area contributed by atoms with E-state index in [-0.39, 0.29) is 12.6 Å². The Morgan fingerprint density at radius 3 is 1.92 bits per heavy atom. The molecule has 0 radical (unpaired) electrons. The highest BCUT2D eigenvalue weighted by molar-refractivity contribution is 5.92. The van der Waals surface area contributed by atoms with Gasteiger partial charge in [-0.25, -0.2) is 4.79 Å². The SMILES string of the molecule is O=CC(C=O)(CO)[C@@H](O)C(=O)O. The van der Waals surface area contributed by atoms with Crippen LogP contribution in [0.1, 0.15) is 0 Å². The first kappa shape index (κ1) is 10.7. The molecule has 0 rings (SSSR count). The average molecular weight is 176 g/mol. The summed E-state index contributed by atoms with van der Waals surface area (Å²) < 4.78 is 0. The van der Waals surface area contributed by atoms with Gasteiger partial charge in [-0.15, -0.1) is 0 Å². The lowest BCUT2D eigenvalue weighted by Gasteiger charge is -2.20. The van der Waals surface area contributed by atoms with Crippen LogP contribution in [0.3, 0.4) is 0 Å². The number of aliphatic hydroxyl groups is 2. The normalized spacial score (nSPS) is 13.5. The number of aliphatic hydroxyl groups excluding tert-OH is 2. The quantitative estimate of drug-likeness (QED) is 0.324. The molecular weight excluding hydrogens is 168 g/mol. The average Bonchev–Trinajstić information content (AvgIpc) is 2.08. The zero-order valence-corrected chi connectivity index (χ0v) is 6.01. The molecule has 0 bridgehead atoms. The van der Waals surface area contributed by atoms with Crippen LogP contribution in [0.15, 0.2) is 0 Å². The number of rotatable bonds is 5. The van der Waals surface area contributed by atoms with Crippen LogP contribution in [0.4, 0.5) is 0 Å². The number of carbonyl (C=O) groups is 3. The van der Waals surface area contributed by atoms with E-state index in [1.807, 2.05) is 0 Å². The Balaban J connectivity index is 4.82. The number of hydrogen-bond donors (Lipinski definition) is 3. The molecule has 0 unspecified atom stereocenters. The predicted molar refractivity (Wildman–Crippen MR) is 35.3 cm³/mol. The molecule has 0 spiro atoms. The van der Waals surface area contributed by atoms with E-state index in [1.54, 1.807) is 0 Å². The van der Waals surface area contributed by atoms with Gasteiger partial charge < -0.3 is 24.9 Å². The van der Waals surface area contributed by atoms with E-state index in [0.29, 0.717) is 0 Å². The summed E-state index contributed by atoms with van der Waals surface area (Å²) in [6.07, 6.45) is -2.38. The highest BCUT2D eigenvalue weighted by Gasteiger charge is 2.42. The third kappa shape index (κ3) is 1.66. The maximum atomic E-state index is 10.2. The fraction of sp³-hybridized carbons (Fsp3) is 0.500. The van der Waals surface area contributed by atoms with E-state index in [0.717, 1.165) is 0 Å². The van der Waals surface area contributed by atoms with Crippen LogP contribution in [0.2, 0.25) is 0 Å². The summed E-state index contributed by atoms with van der Waals surface area (Å²) in [7, 11) is 0. The first-order chi connectivity index (χ1) is 5.54. The predicted octanol–water partition coefficient (Wildman–Crippen LogP) is -2.19. The van der Waals surface area contributed by atoms with Crippen molar-refractivity contribution in [2.24, 2.45) is 5.41 Å². The molecule has 0 aromatic carbocycles. The molecule has 1 atom stereocenters. The van der Waals surface area contributed by atoms with Crippen molar-refractivity contribution >= 4 is 18.5 Å². The van der Waals surface area contributed by atoms with Crippen molar-refractivity contribution in [1.29, 1.82) is 0 Å². The minimum atomic E-state index is -2.24. The van der Waals surface area contributed by atoms with Crippen LogP contribution in [0, 0.1) is 5.41 Å². The monoisotopic (exact) mass is 176 g/mol. The molecule has 68 valence electrons. The van der Waals surface area contributed by atoms with E-state index in [2.05, 4.69) is 0 Å². The molecule has 0 amide bonds. The van der Waals surface area contributed by atoms with Gasteiger partial charge in [0.2, 0.25) is 0 Å². The van der Waals surface area contributed by atoms with Gasteiger partial charge in [-0.2, -0.15) is 0 Å². The summed E-state index contributed by atoms with van der Waals surface area (Å²) in [5.74, 6) is -1.73. The van der Waals surface area contributed by atoms with E-state index in [9.17, 15) is 14.4 Å². The summed E-state index contributed by atoms with van der Waals surface area (Å²) >= 11 is 0. The fourth-order valence-electron chi connectivity index (χ4n) is 0.548. The molecule has 0 heterocycles. The van der Waals surface area contributed by atoms with Crippen LogP contribution in [-0.2, 0) is 14.4 Å². The molecule has 0 saturated heterocycles. The van der Waals surface area contributed by atoms with Gasteiger partial charge in [0.25, 0.3) is 0 Å². The fourth-order valence-corrected chi connectivity index (χ4v) is 0.548. The molecular formula is C6H8O6. The van der Waals surface area contributed by atoms with Crippen LogP contribution in [-0.4, -0.2) is 46.6 Å². The van der Waals surface area contributed by atoms with Gasteiger partial charge in [-0.05, 0) is 0 Å². The van der Waals surface area contributed by atoms with Gasteiger partial charge in [-0.3, -0.25) is 0 Å². The second kappa shape index (κ2) is 3.93. The summed E-state index contributed by atoms with van der Waals surface area (Å²) in [5.41, 5.74) is -2.24. The molecule has 0 aliphatic carbocycles. The van der Waals surface area contributed by atoms with Crippen molar-refractivity contribution in [3.05, 3.63) is 0 Å². The Kier molecular flexibility index (Phi) is 3.52. The highest BCUT2D eigenvalue weighted by atomic mass is 16.4. The molecule has 12 heavy (non-hydrogen) atoms. The molecule has 0 aromatic heterocycles.